The molecule has 0 spiro atoms. The standard InChI is InChI=1S/C15H20BrNOS/c1-10-5-3-2-4-6-14(10)17-15(18)12-9-11(19)7-8-13(12)16/h7-10,14,19H,2-6H2,1H3,(H,17,18). The zero-order valence-electron chi connectivity index (χ0n) is 11.2. The van der Waals surface area contributed by atoms with E-state index in [0.29, 0.717) is 17.5 Å². The lowest BCUT2D eigenvalue weighted by molar-refractivity contribution is 0.0920. The summed E-state index contributed by atoms with van der Waals surface area (Å²) >= 11 is 7.73. The lowest BCUT2D eigenvalue weighted by atomic mass is 9.96. The van der Waals surface area contributed by atoms with Gasteiger partial charge < -0.3 is 5.32 Å². The van der Waals surface area contributed by atoms with Crippen molar-refractivity contribution < 1.29 is 4.79 Å². The number of amides is 1. The van der Waals surface area contributed by atoms with Crippen LogP contribution in [0.15, 0.2) is 27.6 Å². The minimum atomic E-state index is 0.00141. The first kappa shape index (κ1) is 14.9. The number of carbonyl (C=O) groups excluding carboxylic acids is 1. The summed E-state index contributed by atoms with van der Waals surface area (Å²) in [4.78, 5) is 13.2. The predicted octanol–water partition coefficient (Wildman–Crippen LogP) is 4.44. The second-order valence-electron chi connectivity index (χ2n) is 5.36. The van der Waals surface area contributed by atoms with E-state index in [0.717, 1.165) is 15.8 Å². The summed E-state index contributed by atoms with van der Waals surface area (Å²) in [5.74, 6) is 0.561. The van der Waals surface area contributed by atoms with Crippen molar-refractivity contribution in [1.82, 2.24) is 5.32 Å². The monoisotopic (exact) mass is 341 g/mol. The number of benzene rings is 1. The van der Waals surface area contributed by atoms with Gasteiger partial charge in [-0.1, -0.05) is 26.2 Å². The molecular formula is C15H20BrNOS. The molecule has 0 heterocycles. The molecule has 1 fully saturated rings. The average molecular weight is 342 g/mol. The van der Waals surface area contributed by atoms with Crippen LogP contribution in [0.1, 0.15) is 49.4 Å². The Bertz CT molecular complexity index is 463. The molecule has 104 valence electrons. The molecule has 1 aliphatic rings. The maximum atomic E-state index is 12.4. The second kappa shape index (κ2) is 6.80. The largest absolute Gasteiger partial charge is 0.349 e. The maximum Gasteiger partial charge on any atom is 0.252 e. The second-order valence-corrected chi connectivity index (χ2v) is 6.73. The molecule has 1 saturated carbocycles. The van der Waals surface area contributed by atoms with E-state index in [1.807, 2.05) is 18.2 Å². The topological polar surface area (TPSA) is 29.1 Å². The molecule has 1 N–H and O–H groups in total. The Hall–Kier alpha value is -0.480. The fourth-order valence-corrected chi connectivity index (χ4v) is 3.27. The van der Waals surface area contributed by atoms with Gasteiger partial charge >= 0.3 is 0 Å². The third kappa shape index (κ3) is 3.99. The molecule has 0 aliphatic heterocycles. The lowest BCUT2D eigenvalue weighted by Crippen LogP contribution is -2.39. The van der Waals surface area contributed by atoms with Gasteiger partial charge in [0, 0.05) is 15.4 Å². The Balaban J connectivity index is 2.09. The number of halogens is 1. The minimum Gasteiger partial charge on any atom is -0.349 e. The minimum absolute atomic E-state index is 0.00141. The summed E-state index contributed by atoms with van der Waals surface area (Å²) in [5.41, 5.74) is 0.670. The summed E-state index contributed by atoms with van der Waals surface area (Å²) < 4.78 is 0.823. The van der Waals surface area contributed by atoms with E-state index < -0.39 is 0 Å². The normalized spacial score (nSPS) is 23.7. The smallest absolute Gasteiger partial charge is 0.252 e. The molecule has 0 saturated heterocycles. The molecule has 1 aliphatic carbocycles. The Morgan fingerprint density at radius 3 is 2.84 bits per heavy atom. The molecular weight excluding hydrogens is 322 g/mol. The quantitative estimate of drug-likeness (QED) is 0.604. The van der Waals surface area contributed by atoms with Gasteiger partial charge in [-0.15, -0.1) is 12.6 Å². The highest BCUT2D eigenvalue weighted by Crippen LogP contribution is 2.25. The summed E-state index contributed by atoms with van der Waals surface area (Å²) in [5, 5.41) is 3.19. The van der Waals surface area contributed by atoms with E-state index >= 15 is 0 Å². The first-order chi connectivity index (χ1) is 9.08. The lowest BCUT2D eigenvalue weighted by Gasteiger charge is -2.23. The fourth-order valence-electron chi connectivity index (χ4n) is 2.64. The van der Waals surface area contributed by atoms with Gasteiger partial charge in [0.15, 0.2) is 0 Å². The highest BCUT2D eigenvalue weighted by molar-refractivity contribution is 9.10. The van der Waals surface area contributed by atoms with Crippen molar-refractivity contribution in [3.63, 3.8) is 0 Å². The average Bonchev–Trinajstić information content (AvgIpc) is 2.58. The Morgan fingerprint density at radius 2 is 2.05 bits per heavy atom. The van der Waals surface area contributed by atoms with E-state index in [-0.39, 0.29) is 5.91 Å². The Morgan fingerprint density at radius 1 is 1.32 bits per heavy atom. The van der Waals surface area contributed by atoms with Crippen LogP contribution >= 0.6 is 28.6 Å². The predicted molar refractivity (Wildman–Crippen MR) is 84.9 cm³/mol. The third-order valence-electron chi connectivity index (χ3n) is 3.87. The fraction of sp³-hybridized carbons (Fsp3) is 0.533. The van der Waals surface area contributed by atoms with Crippen molar-refractivity contribution >= 4 is 34.5 Å². The van der Waals surface area contributed by atoms with Crippen molar-refractivity contribution in [3.8, 4) is 0 Å². The number of carbonyl (C=O) groups is 1. The number of hydrogen-bond donors (Lipinski definition) is 2. The molecule has 4 heteroatoms. The van der Waals surface area contributed by atoms with E-state index in [9.17, 15) is 4.79 Å². The van der Waals surface area contributed by atoms with Crippen molar-refractivity contribution in [2.45, 2.75) is 50.0 Å². The van der Waals surface area contributed by atoms with Crippen LogP contribution in [0.3, 0.4) is 0 Å². The van der Waals surface area contributed by atoms with Gasteiger partial charge in [0.1, 0.15) is 0 Å². The van der Waals surface area contributed by atoms with Crippen molar-refractivity contribution in [3.05, 3.63) is 28.2 Å². The zero-order chi connectivity index (χ0) is 13.8. The van der Waals surface area contributed by atoms with Gasteiger partial charge in [0.2, 0.25) is 0 Å². The van der Waals surface area contributed by atoms with Gasteiger partial charge in [-0.3, -0.25) is 4.79 Å². The molecule has 0 aromatic heterocycles. The van der Waals surface area contributed by atoms with Crippen LogP contribution in [0, 0.1) is 5.92 Å². The summed E-state index contributed by atoms with van der Waals surface area (Å²) in [6.45, 7) is 2.24. The Kier molecular flexibility index (Phi) is 5.34. The molecule has 1 amide bonds. The van der Waals surface area contributed by atoms with Gasteiger partial charge in [-0.2, -0.15) is 0 Å². The third-order valence-corrected chi connectivity index (χ3v) is 4.84. The summed E-state index contributed by atoms with van der Waals surface area (Å²) in [6, 6.07) is 5.85. The molecule has 2 unspecified atom stereocenters. The van der Waals surface area contributed by atoms with Crippen LogP contribution in [0.4, 0.5) is 0 Å². The van der Waals surface area contributed by atoms with Gasteiger partial charge in [0.25, 0.3) is 5.91 Å². The highest BCUT2D eigenvalue weighted by Gasteiger charge is 2.22. The van der Waals surface area contributed by atoms with Crippen molar-refractivity contribution in [2.75, 3.05) is 0 Å². The van der Waals surface area contributed by atoms with Crippen molar-refractivity contribution in [2.24, 2.45) is 5.92 Å². The van der Waals surface area contributed by atoms with Crippen LogP contribution < -0.4 is 5.32 Å². The zero-order valence-corrected chi connectivity index (χ0v) is 13.6. The van der Waals surface area contributed by atoms with Crippen LogP contribution in [0.2, 0.25) is 0 Å². The summed E-state index contributed by atoms with van der Waals surface area (Å²) in [7, 11) is 0. The van der Waals surface area contributed by atoms with Gasteiger partial charge in [-0.05, 0) is 52.9 Å². The first-order valence-electron chi connectivity index (χ1n) is 6.87. The Labute approximate surface area is 128 Å². The van der Waals surface area contributed by atoms with Crippen LogP contribution in [0.25, 0.3) is 0 Å². The summed E-state index contributed by atoms with van der Waals surface area (Å²) in [6.07, 6.45) is 6.07. The molecule has 2 nitrogen and oxygen atoms in total. The van der Waals surface area contributed by atoms with Crippen LogP contribution in [-0.2, 0) is 0 Å². The van der Waals surface area contributed by atoms with Crippen LogP contribution in [0.5, 0.6) is 0 Å². The molecule has 2 rings (SSSR count). The molecule has 0 radical (unpaired) electrons. The molecule has 0 bridgehead atoms. The number of thiol groups is 1. The van der Waals surface area contributed by atoms with Crippen LogP contribution in [-0.4, -0.2) is 11.9 Å². The molecule has 1 aromatic rings. The number of hydrogen-bond acceptors (Lipinski definition) is 2. The van der Waals surface area contributed by atoms with E-state index in [1.165, 1.54) is 25.7 Å². The first-order valence-corrected chi connectivity index (χ1v) is 8.11. The maximum absolute atomic E-state index is 12.4. The number of rotatable bonds is 2. The molecule has 2 atom stereocenters. The van der Waals surface area contributed by atoms with E-state index in [2.05, 4.69) is 40.8 Å². The van der Waals surface area contributed by atoms with Gasteiger partial charge in [0.05, 0.1) is 5.56 Å². The highest BCUT2D eigenvalue weighted by atomic mass is 79.9. The molecule has 1 aromatic carbocycles. The van der Waals surface area contributed by atoms with E-state index in [1.54, 1.807) is 0 Å². The number of nitrogens with one attached hydrogen (secondary N) is 1. The van der Waals surface area contributed by atoms with Gasteiger partial charge in [-0.25, -0.2) is 0 Å². The molecule has 19 heavy (non-hydrogen) atoms. The van der Waals surface area contributed by atoms with Crippen molar-refractivity contribution in [1.29, 1.82) is 0 Å². The van der Waals surface area contributed by atoms with E-state index in [4.69, 9.17) is 0 Å². The SMILES string of the molecule is CC1CCCCCC1NC(=O)c1cc(S)ccc1Br.